The Morgan fingerprint density at radius 3 is 2.29 bits per heavy atom. The number of carbonyl (C=O) groups is 2. The Morgan fingerprint density at radius 1 is 1.29 bits per heavy atom. The molecule has 21 heavy (non-hydrogen) atoms. The molecule has 0 heterocycles. The van der Waals surface area contributed by atoms with Gasteiger partial charge in [0.2, 0.25) is 5.91 Å². The fourth-order valence-corrected chi connectivity index (χ4v) is 1.69. The minimum Gasteiger partial charge on any atom is -0.481 e. The summed E-state index contributed by atoms with van der Waals surface area (Å²) >= 11 is 0. The second-order valence-corrected chi connectivity index (χ2v) is 4.68. The number of nitrogens with one attached hydrogen (secondary N) is 1. The van der Waals surface area contributed by atoms with Crippen LogP contribution in [-0.4, -0.2) is 23.0 Å². The molecular weight excluding hydrogens is 289 g/mol. The lowest BCUT2D eigenvalue weighted by Crippen LogP contribution is -2.30. The zero-order chi connectivity index (χ0) is 16.4. The van der Waals surface area contributed by atoms with Crippen molar-refractivity contribution in [3.05, 3.63) is 29.3 Å². The maximum absolute atomic E-state index is 12.9. The molecule has 0 spiro atoms. The first-order chi connectivity index (χ1) is 9.54. The third kappa shape index (κ3) is 4.11. The largest absolute Gasteiger partial charge is 0.481 e. The average molecular weight is 304 g/mol. The third-order valence-electron chi connectivity index (χ3n) is 3.12. The number of hydrogen-bond acceptors (Lipinski definition) is 3. The molecule has 2 atom stereocenters. The minimum absolute atomic E-state index is 0.0629. The lowest BCUT2D eigenvalue weighted by Gasteiger charge is -2.20. The molecule has 0 aliphatic carbocycles. The standard InChI is InChI=1S/C13H15F3N2O3/c1-6(12(20)21)7(2)18-8-3-4-9(11(17)19)10(5-8)13(14,15)16/h3-7,18H,1-2H3,(H2,17,19)(H,20,21). The van der Waals surface area contributed by atoms with Crippen molar-refractivity contribution in [2.75, 3.05) is 5.32 Å². The molecule has 2 unspecified atom stereocenters. The van der Waals surface area contributed by atoms with Crippen molar-refractivity contribution < 1.29 is 27.9 Å². The highest BCUT2D eigenvalue weighted by Crippen LogP contribution is 2.34. The summed E-state index contributed by atoms with van der Waals surface area (Å²) in [5.41, 5.74) is 3.19. The number of carboxylic acids is 1. The third-order valence-corrected chi connectivity index (χ3v) is 3.12. The number of primary amides is 1. The van der Waals surface area contributed by atoms with Crippen molar-refractivity contribution in [2.24, 2.45) is 11.7 Å². The van der Waals surface area contributed by atoms with Gasteiger partial charge in [0.05, 0.1) is 17.0 Å². The highest BCUT2D eigenvalue weighted by molar-refractivity contribution is 5.95. The average Bonchev–Trinajstić information content (AvgIpc) is 2.36. The number of hydrogen-bond donors (Lipinski definition) is 3. The maximum atomic E-state index is 12.9. The van der Waals surface area contributed by atoms with Gasteiger partial charge in [0.1, 0.15) is 0 Å². The number of aliphatic carboxylic acids is 1. The Bertz CT molecular complexity index is 558. The van der Waals surface area contributed by atoms with Gasteiger partial charge in [0.15, 0.2) is 0 Å². The quantitative estimate of drug-likeness (QED) is 0.778. The highest BCUT2D eigenvalue weighted by atomic mass is 19.4. The van der Waals surface area contributed by atoms with E-state index in [1.54, 1.807) is 0 Å². The molecule has 4 N–H and O–H groups in total. The SMILES string of the molecule is CC(Nc1ccc(C(N)=O)c(C(F)(F)F)c1)C(C)C(=O)O. The van der Waals surface area contributed by atoms with E-state index in [9.17, 15) is 22.8 Å². The second-order valence-electron chi connectivity index (χ2n) is 4.68. The molecule has 0 saturated carbocycles. The Hall–Kier alpha value is -2.25. The number of rotatable bonds is 5. The van der Waals surface area contributed by atoms with Gasteiger partial charge in [-0.3, -0.25) is 9.59 Å². The van der Waals surface area contributed by atoms with E-state index in [1.165, 1.54) is 19.9 Å². The van der Waals surface area contributed by atoms with E-state index in [1.807, 2.05) is 0 Å². The zero-order valence-electron chi connectivity index (χ0n) is 11.4. The van der Waals surface area contributed by atoms with E-state index in [0.717, 1.165) is 12.1 Å². The topological polar surface area (TPSA) is 92.4 Å². The van der Waals surface area contributed by atoms with Crippen LogP contribution in [0.5, 0.6) is 0 Å². The van der Waals surface area contributed by atoms with Crippen LogP contribution in [0.25, 0.3) is 0 Å². The molecule has 0 fully saturated rings. The van der Waals surface area contributed by atoms with Gasteiger partial charge < -0.3 is 16.2 Å². The number of benzene rings is 1. The van der Waals surface area contributed by atoms with Crippen LogP contribution < -0.4 is 11.1 Å². The lowest BCUT2D eigenvalue weighted by molar-refractivity contribution is -0.141. The first kappa shape index (κ1) is 16.8. The molecule has 8 heteroatoms. The Morgan fingerprint density at radius 2 is 1.86 bits per heavy atom. The van der Waals surface area contributed by atoms with Crippen molar-refractivity contribution in [3.63, 3.8) is 0 Å². The van der Waals surface area contributed by atoms with Gasteiger partial charge in [-0.1, -0.05) is 0 Å². The van der Waals surface area contributed by atoms with Crippen LogP contribution in [0.2, 0.25) is 0 Å². The van der Waals surface area contributed by atoms with Crippen molar-refractivity contribution in [3.8, 4) is 0 Å². The second kappa shape index (κ2) is 6.02. The van der Waals surface area contributed by atoms with E-state index in [0.29, 0.717) is 0 Å². The van der Waals surface area contributed by atoms with Crippen LogP contribution in [0.3, 0.4) is 0 Å². The summed E-state index contributed by atoms with van der Waals surface area (Å²) < 4.78 is 38.6. The van der Waals surface area contributed by atoms with Gasteiger partial charge in [0, 0.05) is 11.7 Å². The molecule has 1 aromatic carbocycles. The van der Waals surface area contributed by atoms with Crippen molar-refractivity contribution in [2.45, 2.75) is 26.1 Å². The highest BCUT2D eigenvalue weighted by Gasteiger charge is 2.35. The van der Waals surface area contributed by atoms with Crippen LogP contribution in [0, 0.1) is 5.92 Å². The van der Waals surface area contributed by atoms with Crippen molar-refractivity contribution in [1.82, 2.24) is 0 Å². The summed E-state index contributed by atoms with van der Waals surface area (Å²) in [7, 11) is 0. The molecule has 0 aromatic heterocycles. The predicted octanol–water partition coefficient (Wildman–Crippen LogP) is 2.33. The molecule has 5 nitrogen and oxygen atoms in total. The van der Waals surface area contributed by atoms with E-state index >= 15 is 0 Å². The van der Waals surface area contributed by atoms with Gasteiger partial charge in [-0.2, -0.15) is 13.2 Å². The smallest absolute Gasteiger partial charge is 0.417 e. The number of carbonyl (C=O) groups excluding carboxylic acids is 1. The molecule has 0 radical (unpaired) electrons. The minimum atomic E-state index is -4.73. The van der Waals surface area contributed by atoms with E-state index in [-0.39, 0.29) is 5.69 Å². The summed E-state index contributed by atoms with van der Waals surface area (Å²) in [5, 5.41) is 11.5. The van der Waals surface area contributed by atoms with Crippen LogP contribution in [0.1, 0.15) is 29.8 Å². The van der Waals surface area contributed by atoms with Crippen LogP contribution in [0.4, 0.5) is 18.9 Å². The monoisotopic (exact) mass is 304 g/mol. The van der Waals surface area contributed by atoms with Gasteiger partial charge in [-0.05, 0) is 32.0 Å². The maximum Gasteiger partial charge on any atom is 0.417 e. The number of nitrogens with two attached hydrogens (primary N) is 1. The number of amides is 1. The lowest BCUT2D eigenvalue weighted by atomic mass is 10.0. The normalized spacial score (nSPS) is 14.3. The van der Waals surface area contributed by atoms with E-state index in [4.69, 9.17) is 10.8 Å². The Labute approximate surface area is 118 Å². The molecule has 1 aromatic rings. The molecule has 0 aliphatic rings. The molecule has 0 bridgehead atoms. The van der Waals surface area contributed by atoms with Crippen LogP contribution in [0.15, 0.2) is 18.2 Å². The predicted molar refractivity (Wildman–Crippen MR) is 69.8 cm³/mol. The van der Waals surface area contributed by atoms with Gasteiger partial charge >= 0.3 is 12.1 Å². The number of anilines is 1. The van der Waals surface area contributed by atoms with Crippen molar-refractivity contribution >= 4 is 17.6 Å². The van der Waals surface area contributed by atoms with Crippen LogP contribution in [-0.2, 0) is 11.0 Å². The molecule has 1 amide bonds. The van der Waals surface area contributed by atoms with E-state index in [2.05, 4.69) is 5.32 Å². The first-order valence-corrected chi connectivity index (χ1v) is 6.04. The summed E-state index contributed by atoms with van der Waals surface area (Å²) in [4.78, 5) is 21.8. The summed E-state index contributed by atoms with van der Waals surface area (Å²) in [5.74, 6) is -3.05. The van der Waals surface area contributed by atoms with Crippen molar-refractivity contribution in [1.29, 1.82) is 0 Å². The van der Waals surface area contributed by atoms with E-state index < -0.39 is 41.1 Å². The number of halogens is 3. The first-order valence-electron chi connectivity index (χ1n) is 6.04. The Balaban J connectivity index is 3.12. The van der Waals surface area contributed by atoms with Gasteiger partial charge in [0.25, 0.3) is 0 Å². The number of carboxylic acid groups (broad SMARTS) is 1. The fourth-order valence-electron chi connectivity index (χ4n) is 1.69. The summed E-state index contributed by atoms with van der Waals surface area (Å²) in [6.07, 6.45) is -4.73. The number of alkyl halides is 3. The molecule has 1 rings (SSSR count). The van der Waals surface area contributed by atoms with Crippen LogP contribution >= 0.6 is 0 Å². The molecule has 0 aliphatic heterocycles. The molecule has 116 valence electrons. The molecular formula is C13H15F3N2O3. The molecule has 0 saturated heterocycles. The van der Waals surface area contributed by atoms with Gasteiger partial charge in [-0.25, -0.2) is 0 Å². The fraction of sp³-hybridized carbons (Fsp3) is 0.385. The summed E-state index contributed by atoms with van der Waals surface area (Å²) in [6.45, 7) is 2.97. The van der Waals surface area contributed by atoms with Gasteiger partial charge in [-0.15, -0.1) is 0 Å². The summed E-state index contributed by atoms with van der Waals surface area (Å²) in [6, 6.07) is 2.36. The zero-order valence-corrected chi connectivity index (χ0v) is 11.4. The Kier molecular flexibility index (Phi) is 4.82.